The van der Waals surface area contributed by atoms with Crippen molar-refractivity contribution >= 4 is 17.8 Å². The second kappa shape index (κ2) is 9.98. The molecular weight excluding hydrogens is 365 g/mol. The van der Waals surface area contributed by atoms with Crippen molar-refractivity contribution < 1.29 is 23.9 Å². The van der Waals surface area contributed by atoms with Crippen LogP contribution >= 0.6 is 0 Å². The normalized spacial score (nSPS) is 20.2. The van der Waals surface area contributed by atoms with E-state index in [-0.39, 0.29) is 13.0 Å². The number of carboxylic acid groups (broad SMARTS) is 1. The molecular formula is C20H26FN3O4. The van der Waals surface area contributed by atoms with Gasteiger partial charge >= 0.3 is 5.97 Å². The highest BCUT2D eigenvalue weighted by atomic mass is 19.1. The largest absolute Gasteiger partial charge is 0.480 e. The minimum absolute atomic E-state index is 0.139. The molecule has 5 N–H and O–H groups in total. The summed E-state index contributed by atoms with van der Waals surface area (Å²) in [7, 11) is 0. The lowest BCUT2D eigenvalue weighted by Crippen LogP contribution is -2.45. The first-order valence-electron chi connectivity index (χ1n) is 9.27. The number of benzene rings is 1. The maximum atomic E-state index is 14.5. The quantitative estimate of drug-likeness (QED) is 0.532. The van der Waals surface area contributed by atoms with Gasteiger partial charge in [-0.3, -0.25) is 9.59 Å². The van der Waals surface area contributed by atoms with Crippen LogP contribution in [0.1, 0.15) is 31.7 Å². The van der Waals surface area contributed by atoms with E-state index in [1.807, 2.05) is 6.07 Å². The third kappa shape index (κ3) is 5.88. The number of nitrogens with one attached hydrogen (secondary N) is 2. The first kappa shape index (κ1) is 21.6. The number of amides is 2. The Balaban J connectivity index is 2.04. The van der Waals surface area contributed by atoms with Gasteiger partial charge < -0.3 is 21.5 Å². The zero-order valence-corrected chi connectivity index (χ0v) is 15.8. The number of carboxylic acids is 1. The molecule has 1 aliphatic rings. The summed E-state index contributed by atoms with van der Waals surface area (Å²) in [6.07, 6.45) is 1.60. The third-order valence-corrected chi connectivity index (χ3v) is 4.75. The summed E-state index contributed by atoms with van der Waals surface area (Å²) in [5.41, 5.74) is 6.52. The molecule has 1 aromatic rings. The lowest BCUT2D eigenvalue weighted by Gasteiger charge is -2.19. The topological polar surface area (TPSA) is 122 Å². The molecule has 3 atom stereocenters. The van der Waals surface area contributed by atoms with Crippen molar-refractivity contribution in [1.82, 2.24) is 10.6 Å². The number of rotatable bonds is 8. The van der Waals surface area contributed by atoms with Gasteiger partial charge in [-0.1, -0.05) is 30.3 Å². The monoisotopic (exact) mass is 391 g/mol. The molecule has 1 aliphatic carbocycles. The van der Waals surface area contributed by atoms with E-state index in [0.29, 0.717) is 24.8 Å². The van der Waals surface area contributed by atoms with Crippen LogP contribution in [0.3, 0.4) is 0 Å². The van der Waals surface area contributed by atoms with E-state index in [1.165, 1.54) is 6.92 Å². The molecule has 0 heterocycles. The van der Waals surface area contributed by atoms with Crippen LogP contribution in [0, 0.1) is 5.92 Å². The summed E-state index contributed by atoms with van der Waals surface area (Å²) in [6.45, 7) is 1.16. The smallest absolute Gasteiger partial charge is 0.326 e. The van der Waals surface area contributed by atoms with Gasteiger partial charge in [-0.15, -0.1) is 0 Å². The zero-order valence-electron chi connectivity index (χ0n) is 15.8. The number of halogens is 1. The molecule has 0 radical (unpaired) electrons. The van der Waals surface area contributed by atoms with Gasteiger partial charge in [0.05, 0.1) is 18.5 Å². The van der Waals surface area contributed by atoms with Crippen molar-refractivity contribution in [3.05, 3.63) is 47.3 Å². The summed E-state index contributed by atoms with van der Waals surface area (Å²) in [5, 5.41) is 14.4. The van der Waals surface area contributed by atoms with Crippen LogP contribution in [0.15, 0.2) is 41.7 Å². The second-order valence-electron chi connectivity index (χ2n) is 6.97. The van der Waals surface area contributed by atoms with Crippen molar-refractivity contribution in [2.75, 3.05) is 6.54 Å². The molecule has 1 aromatic carbocycles. The lowest BCUT2D eigenvalue weighted by molar-refractivity contribution is -0.142. The first-order valence-corrected chi connectivity index (χ1v) is 9.27. The fraction of sp³-hybridized carbons (Fsp3) is 0.450. The zero-order chi connectivity index (χ0) is 20.7. The first-order chi connectivity index (χ1) is 13.3. The van der Waals surface area contributed by atoms with Gasteiger partial charge in [0.2, 0.25) is 11.8 Å². The molecule has 7 nitrogen and oxygen atoms in total. The summed E-state index contributed by atoms with van der Waals surface area (Å²) in [4.78, 5) is 35.7. The van der Waals surface area contributed by atoms with Crippen LogP contribution in [-0.2, 0) is 20.8 Å². The minimum Gasteiger partial charge on any atom is -0.480 e. The Hall–Kier alpha value is -2.74. The molecule has 0 bridgehead atoms. The molecule has 0 saturated heterocycles. The van der Waals surface area contributed by atoms with Gasteiger partial charge in [-0.2, -0.15) is 0 Å². The fourth-order valence-corrected chi connectivity index (χ4v) is 3.22. The highest BCUT2D eigenvalue weighted by Crippen LogP contribution is 2.34. The fourth-order valence-electron chi connectivity index (χ4n) is 3.22. The summed E-state index contributed by atoms with van der Waals surface area (Å²) in [5.74, 6) is -3.44. The van der Waals surface area contributed by atoms with Crippen molar-refractivity contribution in [2.45, 2.75) is 44.7 Å². The molecule has 0 aromatic heterocycles. The van der Waals surface area contributed by atoms with E-state index in [4.69, 9.17) is 5.73 Å². The van der Waals surface area contributed by atoms with Crippen LogP contribution in [0.25, 0.3) is 0 Å². The Morgan fingerprint density at radius 1 is 1.29 bits per heavy atom. The van der Waals surface area contributed by atoms with Gasteiger partial charge in [-0.25, -0.2) is 9.18 Å². The number of hydrogen-bond acceptors (Lipinski definition) is 4. The number of nitrogens with two attached hydrogens (primary N) is 1. The van der Waals surface area contributed by atoms with Crippen molar-refractivity contribution in [3.8, 4) is 0 Å². The molecule has 2 rings (SSSR count). The molecule has 0 aliphatic heterocycles. The van der Waals surface area contributed by atoms with Crippen molar-refractivity contribution in [2.24, 2.45) is 11.7 Å². The SMILES string of the molecule is C[C@H](N)C(=O)NC/C(F)=C1/CCC[C@@H]1C(=O)N[C@@H](Cc1ccccc1)C(=O)O. The van der Waals surface area contributed by atoms with Gasteiger partial charge in [-0.05, 0) is 37.3 Å². The summed E-state index contributed by atoms with van der Waals surface area (Å²) in [6, 6.07) is 7.11. The van der Waals surface area contributed by atoms with Crippen LogP contribution in [0.2, 0.25) is 0 Å². The Morgan fingerprint density at radius 2 is 1.96 bits per heavy atom. The highest BCUT2D eigenvalue weighted by Gasteiger charge is 2.33. The third-order valence-electron chi connectivity index (χ3n) is 4.75. The van der Waals surface area contributed by atoms with E-state index in [1.54, 1.807) is 24.3 Å². The lowest BCUT2D eigenvalue weighted by atomic mass is 9.99. The van der Waals surface area contributed by atoms with Crippen LogP contribution < -0.4 is 16.4 Å². The molecule has 1 fully saturated rings. The summed E-state index contributed by atoms with van der Waals surface area (Å²) >= 11 is 0. The Bertz CT molecular complexity index is 749. The average Bonchev–Trinajstić information content (AvgIpc) is 3.16. The Labute approximate surface area is 163 Å². The molecule has 152 valence electrons. The molecule has 1 saturated carbocycles. The average molecular weight is 391 g/mol. The van der Waals surface area contributed by atoms with E-state index in [9.17, 15) is 23.9 Å². The molecule has 2 amide bonds. The standard InChI is InChI=1S/C20H26FN3O4/c1-12(22)18(25)23-11-16(21)14-8-5-9-15(14)19(26)24-17(20(27)28)10-13-6-3-2-4-7-13/h2-4,6-7,12,15,17H,5,8-11,22H2,1H3,(H,23,25)(H,24,26)(H,27,28)/b16-14+/t12-,15-,17-/m0/s1. The Morgan fingerprint density at radius 3 is 2.57 bits per heavy atom. The number of carbonyl (C=O) groups excluding carboxylic acids is 2. The van der Waals surface area contributed by atoms with E-state index in [0.717, 1.165) is 5.56 Å². The van der Waals surface area contributed by atoms with Gasteiger partial charge in [0, 0.05) is 6.42 Å². The maximum absolute atomic E-state index is 14.5. The number of hydrogen-bond donors (Lipinski definition) is 4. The molecule has 0 spiro atoms. The van der Waals surface area contributed by atoms with Crippen molar-refractivity contribution in [1.29, 1.82) is 0 Å². The molecule has 0 unspecified atom stereocenters. The number of carbonyl (C=O) groups is 3. The van der Waals surface area contributed by atoms with E-state index >= 15 is 0 Å². The Kier molecular flexibility index (Phi) is 7.69. The van der Waals surface area contributed by atoms with Gasteiger partial charge in [0.1, 0.15) is 11.9 Å². The van der Waals surface area contributed by atoms with Crippen molar-refractivity contribution in [3.63, 3.8) is 0 Å². The highest BCUT2D eigenvalue weighted by molar-refractivity contribution is 5.87. The predicted molar refractivity (Wildman–Crippen MR) is 102 cm³/mol. The maximum Gasteiger partial charge on any atom is 0.326 e. The van der Waals surface area contributed by atoms with Crippen LogP contribution in [0.5, 0.6) is 0 Å². The van der Waals surface area contributed by atoms with Crippen LogP contribution in [-0.4, -0.2) is 41.5 Å². The van der Waals surface area contributed by atoms with Crippen LogP contribution in [0.4, 0.5) is 4.39 Å². The second-order valence-corrected chi connectivity index (χ2v) is 6.97. The van der Waals surface area contributed by atoms with Gasteiger partial charge in [0.15, 0.2) is 0 Å². The minimum atomic E-state index is -1.15. The molecule has 8 heteroatoms. The summed E-state index contributed by atoms with van der Waals surface area (Å²) < 4.78 is 14.5. The van der Waals surface area contributed by atoms with E-state index < -0.39 is 41.6 Å². The number of aliphatic carboxylic acids is 1. The molecule has 28 heavy (non-hydrogen) atoms. The van der Waals surface area contributed by atoms with E-state index in [2.05, 4.69) is 10.6 Å². The predicted octanol–water partition coefficient (Wildman–Crippen LogP) is 1.29. The van der Waals surface area contributed by atoms with Gasteiger partial charge in [0.25, 0.3) is 0 Å².